The summed E-state index contributed by atoms with van der Waals surface area (Å²) in [5.74, 6) is 0.939. The molecule has 0 radical (unpaired) electrons. The van der Waals surface area contributed by atoms with Gasteiger partial charge in [0.05, 0.1) is 42.9 Å². The molecule has 0 N–H and O–H groups in total. The van der Waals surface area contributed by atoms with Gasteiger partial charge in [-0.15, -0.1) is 12.4 Å². The first-order chi connectivity index (χ1) is 13.2. The number of hydrogen-bond donors (Lipinski definition) is 0. The lowest BCUT2D eigenvalue weighted by Crippen LogP contribution is -2.36. The van der Waals surface area contributed by atoms with Crippen LogP contribution in [0.25, 0.3) is 10.6 Å². The Morgan fingerprint density at radius 1 is 1.18 bits per heavy atom. The zero-order chi connectivity index (χ0) is 18.6. The van der Waals surface area contributed by atoms with Crippen molar-refractivity contribution >= 4 is 28.9 Å². The highest BCUT2D eigenvalue weighted by Crippen LogP contribution is 2.31. The van der Waals surface area contributed by atoms with Gasteiger partial charge >= 0.3 is 0 Å². The molecule has 0 aliphatic carbocycles. The minimum atomic E-state index is 0. The monoisotopic (exact) mass is 420 g/mol. The number of imidazole rings is 1. The average molecular weight is 421 g/mol. The normalized spacial score (nSPS) is 14.0. The van der Waals surface area contributed by atoms with Crippen molar-refractivity contribution in [3.05, 3.63) is 48.0 Å². The van der Waals surface area contributed by atoms with Crippen molar-refractivity contribution in [3.63, 3.8) is 0 Å². The van der Waals surface area contributed by atoms with Crippen molar-refractivity contribution in [2.24, 2.45) is 0 Å². The van der Waals surface area contributed by atoms with Crippen LogP contribution in [0.2, 0.25) is 0 Å². The summed E-state index contributed by atoms with van der Waals surface area (Å²) in [4.78, 5) is 12.3. The maximum absolute atomic E-state index is 5.97. The summed E-state index contributed by atoms with van der Waals surface area (Å²) < 4.78 is 13.5. The van der Waals surface area contributed by atoms with E-state index in [9.17, 15) is 0 Å². The van der Waals surface area contributed by atoms with Crippen molar-refractivity contribution in [3.8, 4) is 16.3 Å². The van der Waals surface area contributed by atoms with Gasteiger partial charge < -0.3 is 18.9 Å². The van der Waals surface area contributed by atoms with E-state index in [1.54, 1.807) is 11.3 Å². The molecule has 3 aromatic rings. The lowest BCUT2D eigenvalue weighted by Gasteiger charge is -2.25. The maximum Gasteiger partial charge on any atom is 0.186 e. The lowest BCUT2D eigenvalue weighted by molar-refractivity contribution is 0.122. The van der Waals surface area contributed by atoms with Crippen LogP contribution in [0, 0.1) is 13.8 Å². The standard InChI is InChI=1S/C20H24N4O2S.ClH/c1-15-3-4-18(16(2)11-15)26-10-7-24-14-21-12-17(24)19-13-22-20(27-19)23-5-8-25-9-6-23;/h3-4,11-14H,5-10H2,1-2H3;1H. The number of benzene rings is 1. The number of hydrogen-bond acceptors (Lipinski definition) is 6. The first-order valence-corrected chi connectivity index (χ1v) is 10.0. The van der Waals surface area contributed by atoms with Gasteiger partial charge in [0, 0.05) is 19.3 Å². The molecule has 0 amide bonds. The number of nitrogens with zero attached hydrogens (tertiary/aromatic N) is 4. The molecule has 0 saturated carbocycles. The fourth-order valence-corrected chi connectivity index (χ4v) is 4.20. The third kappa shape index (κ3) is 4.66. The summed E-state index contributed by atoms with van der Waals surface area (Å²) in [5, 5.41) is 1.05. The van der Waals surface area contributed by atoms with Gasteiger partial charge in [-0.1, -0.05) is 29.0 Å². The van der Waals surface area contributed by atoms with E-state index >= 15 is 0 Å². The van der Waals surface area contributed by atoms with Crippen LogP contribution in [-0.4, -0.2) is 47.4 Å². The number of halogens is 1. The molecule has 2 aromatic heterocycles. The molecule has 0 unspecified atom stereocenters. The van der Waals surface area contributed by atoms with Crippen LogP contribution in [0.1, 0.15) is 11.1 Å². The molecule has 0 spiro atoms. The predicted molar refractivity (Wildman–Crippen MR) is 115 cm³/mol. The highest BCUT2D eigenvalue weighted by atomic mass is 35.5. The number of ether oxygens (including phenoxy) is 2. The van der Waals surface area contributed by atoms with Gasteiger partial charge in [0.1, 0.15) is 12.4 Å². The number of anilines is 1. The van der Waals surface area contributed by atoms with Gasteiger partial charge in [-0.2, -0.15) is 0 Å². The van der Waals surface area contributed by atoms with Crippen molar-refractivity contribution in [1.82, 2.24) is 14.5 Å². The fourth-order valence-electron chi connectivity index (χ4n) is 3.20. The Hall–Kier alpha value is -2.09. The van der Waals surface area contributed by atoms with Gasteiger partial charge in [-0.25, -0.2) is 9.97 Å². The van der Waals surface area contributed by atoms with Crippen LogP contribution in [0.5, 0.6) is 5.75 Å². The van der Waals surface area contributed by atoms with E-state index < -0.39 is 0 Å². The third-order valence-electron chi connectivity index (χ3n) is 4.66. The van der Waals surface area contributed by atoms with E-state index in [4.69, 9.17) is 9.47 Å². The smallest absolute Gasteiger partial charge is 0.186 e. The minimum absolute atomic E-state index is 0. The molecule has 150 valence electrons. The van der Waals surface area contributed by atoms with Crippen molar-refractivity contribution < 1.29 is 9.47 Å². The van der Waals surface area contributed by atoms with Crippen LogP contribution in [0.3, 0.4) is 0 Å². The lowest BCUT2D eigenvalue weighted by atomic mass is 10.1. The molecule has 8 heteroatoms. The average Bonchev–Trinajstić information content (AvgIpc) is 3.33. The molecular weight excluding hydrogens is 396 g/mol. The summed E-state index contributed by atoms with van der Waals surface area (Å²) in [5.41, 5.74) is 3.49. The van der Waals surface area contributed by atoms with Gasteiger partial charge in [0.2, 0.25) is 0 Å². The predicted octanol–water partition coefficient (Wildman–Crippen LogP) is 3.96. The van der Waals surface area contributed by atoms with Gasteiger partial charge in [-0.3, -0.25) is 0 Å². The Morgan fingerprint density at radius 3 is 2.79 bits per heavy atom. The van der Waals surface area contributed by atoms with E-state index in [2.05, 4.69) is 45.4 Å². The second kappa shape index (κ2) is 9.41. The van der Waals surface area contributed by atoms with Gasteiger partial charge in [0.25, 0.3) is 0 Å². The largest absolute Gasteiger partial charge is 0.491 e. The second-order valence-corrected chi connectivity index (χ2v) is 7.71. The van der Waals surface area contributed by atoms with E-state index in [1.807, 2.05) is 24.8 Å². The first kappa shape index (κ1) is 20.6. The second-order valence-electron chi connectivity index (χ2n) is 6.70. The molecule has 1 saturated heterocycles. The SMILES string of the molecule is Cc1ccc(OCCn2cncc2-c2cnc(N3CCOCC3)s2)c(C)c1.Cl. The zero-order valence-electron chi connectivity index (χ0n) is 16.1. The number of morpholine rings is 1. The minimum Gasteiger partial charge on any atom is -0.491 e. The topological polar surface area (TPSA) is 52.4 Å². The Kier molecular flexibility index (Phi) is 6.93. The molecule has 1 fully saturated rings. The molecule has 1 aromatic carbocycles. The van der Waals surface area contributed by atoms with E-state index in [-0.39, 0.29) is 12.4 Å². The van der Waals surface area contributed by atoms with E-state index in [0.29, 0.717) is 6.61 Å². The molecule has 6 nitrogen and oxygen atoms in total. The Balaban J connectivity index is 0.00000225. The van der Waals surface area contributed by atoms with Gasteiger partial charge in [-0.05, 0) is 25.5 Å². The van der Waals surface area contributed by atoms with Crippen LogP contribution in [0.4, 0.5) is 5.13 Å². The van der Waals surface area contributed by atoms with Crippen LogP contribution < -0.4 is 9.64 Å². The van der Waals surface area contributed by atoms with Crippen molar-refractivity contribution in [2.75, 3.05) is 37.8 Å². The Morgan fingerprint density at radius 2 is 2.00 bits per heavy atom. The summed E-state index contributed by atoms with van der Waals surface area (Å²) in [6.07, 6.45) is 5.69. The molecule has 0 bridgehead atoms. The summed E-state index contributed by atoms with van der Waals surface area (Å²) >= 11 is 1.70. The Bertz CT molecular complexity index is 905. The number of aromatic nitrogens is 3. The summed E-state index contributed by atoms with van der Waals surface area (Å²) in [6.45, 7) is 8.84. The van der Waals surface area contributed by atoms with Crippen molar-refractivity contribution in [1.29, 1.82) is 0 Å². The molecule has 1 aliphatic heterocycles. The van der Waals surface area contributed by atoms with Crippen molar-refractivity contribution in [2.45, 2.75) is 20.4 Å². The van der Waals surface area contributed by atoms with Gasteiger partial charge in [0.15, 0.2) is 5.13 Å². The number of aryl methyl sites for hydroxylation is 2. The highest BCUT2D eigenvalue weighted by molar-refractivity contribution is 7.18. The molecular formula is C20H25ClN4O2S. The summed E-state index contributed by atoms with van der Waals surface area (Å²) in [6, 6.07) is 6.26. The van der Waals surface area contributed by atoms with Crippen LogP contribution in [0.15, 0.2) is 36.9 Å². The fraction of sp³-hybridized carbons (Fsp3) is 0.400. The quantitative estimate of drug-likeness (QED) is 0.604. The van der Waals surface area contributed by atoms with Crippen LogP contribution in [-0.2, 0) is 11.3 Å². The number of thiazole rings is 1. The third-order valence-corrected chi connectivity index (χ3v) is 5.74. The number of rotatable bonds is 6. The highest BCUT2D eigenvalue weighted by Gasteiger charge is 2.16. The first-order valence-electron chi connectivity index (χ1n) is 9.20. The Labute approximate surface area is 175 Å². The zero-order valence-corrected chi connectivity index (χ0v) is 17.8. The van der Waals surface area contributed by atoms with E-state index in [1.165, 1.54) is 11.1 Å². The molecule has 1 aliphatic rings. The summed E-state index contributed by atoms with van der Waals surface area (Å²) in [7, 11) is 0. The van der Waals surface area contributed by atoms with Crippen LogP contribution >= 0.6 is 23.7 Å². The maximum atomic E-state index is 5.97. The molecule has 4 rings (SSSR count). The molecule has 0 atom stereocenters. The molecule has 3 heterocycles. The van der Waals surface area contributed by atoms with E-state index in [0.717, 1.165) is 54.3 Å². The molecule has 28 heavy (non-hydrogen) atoms.